The average molecular weight is 391 g/mol. The first-order valence-electron chi connectivity index (χ1n) is 8.88. The molecule has 1 atom stereocenters. The Morgan fingerprint density at radius 1 is 1.11 bits per heavy atom. The van der Waals surface area contributed by atoms with Crippen LogP contribution >= 0.6 is 11.3 Å². The molecule has 0 aliphatic carbocycles. The third-order valence-corrected chi connectivity index (χ3v) is 4.87. The van der Waals surface area contributed by atoms with Crippen molar-refractivity contribution in [1.82, 2.24) is 10.3 Å². The number of rotatable bonds is 6. The van der Waals surface area contributed by atoms with Crippen molar-refractivity contribution < 1.29 is 9.59 Å². The molecule has 0 fully saturated rings. The molecule has 0 radical (unpaired) electrons. The molecule has 3 aromatic rings. The Bertz CT molecular complexity index is 996. The minimum absolute atomic E-state index is 0.170. The molecule has 0 aliphatic heterocycles. The summed E-state index contributed by atoms with van der Waals surface area (Å²) in [5, 5.41) is 8.67. The summed E-state index contributed by atoms with van der Waals surface area (Å²) in [6.45, 7) is 3.82. The largest absolute Gasteiger partial charge is 0.346 e. The highest BCUT2D eigenvalue weighted by molar-refractivity contribution is 7.09. The number of carbonyl (C=O) groups excluding carboxylic acids is 2. The maximum Gasteiger partial charge on any atom is 0.255 e. The molecule has 0 saturated carbocycles. The molecule has 0 aliphatic rings. The standard InChI is InChI=1S/C22H21N3O2S/c1-15(23-21(26)12-11-20-14-28-16(2)24-20)18-9-6-10-19(13-18)25-22(27)17-7-4-3-5-8-17/h3-15H,1-2H3,(H,23,26)(H,25,27). The molecule has 1 unspecified atom stereocenters. The second-order valence-electron chi connectivity index (χ2n) is 6.30. The Balaban J connectivity index is 1.61. The van der Waals surface area contributed by atoms with Crippen LogP contribution in [0.25, 0.3) is 6.08 Å². The predicted molar refractivity (Wildman–Crippen MR) is 113 cm³/mol. The fraction of sp³-hybridized carbons (Fsp3) is 0.136. The van der Waals surface area contributed by atoms with Gasteiger partial charge in [0.15, 0.2) is 0 Å². The Morgan fingerprint density at radius 2 is 1.89 bits per heavy atom. The first-order chi connectivity index (χ1) is 13.5. The molecule has 5 nitrogen and oxygen atoms in total. The van der Waals surface area contributed by atoms with E-state index in [2.05, 4.69) is 15.6 Å². The summed E-state index contributed by atoms with van der Waals surface area (Å²) in [6.07, 6.45) is 3.17. The van der Waals surface area contributed by atoms with E-state index in [0.717, 1.165) is 16.3 Å². The summed E-state index contributed by atoms with van der Waals surface area (Å²) < 4.78 is 0. The first-order valence-corrected chi connectivity index (χ1v) is 9.76. The third-order valence-electron chi connectivity index (χ3n) is 4.08. The van der Waals surface area contributed by atoms with Crippen molar-refractivity contribution >= 4 is 34.9 Å². The predicted octanol–water partition coefficient (Wildman–Crippen LogP) is 4.59. The van der Waals surface area contributed by atoms with Gasteiger partial charge in [-0.15, -0.1) is 11.3 Å². The lowest BCUT2D eigenvalue weighted by Crippen LogP contribution is -2.24. The number of benzene rings is 2. The van der Waals surface area contributed by atoms with Crippen LogP contribution in [-0.2, 0) is 4.79 Å². The van der Waals surface area contributed by atoms with Crippen LogP contribution in [0, 0.1) is 6.92 Å². The Hall–Kier alpha value is -3.25. The van der Waals surface area contributed by atoms with Crippen molar-refractivity contribution in [2.75, 3.05) is 5.32 Å². The van der Waals surface area contributed by atoms with Gasteiger partial charge in [-0.05, 0) is 49.8 Å². The highest BCUT2D eigenvalue weighted by atomic mass is 32.1. The van der Waals surface area contributed by atoms with Crippen LogP contribution in [0.1, 0.15) is 39.6 Å². The molecule has 3 rings (SSSR count). The zero-order valence-electron chi connectivity index (χ0n) is 15.7. The minimum atomic E-state index is -0.206. The number of amides is 2. The van der Waals surface area contributed by atoms with E-state index in [1.807, 2.05) is 61.7 Å². The first kappa shape index (κ1) is 19.5. The lowest BCUT2D eigenvalue weighted by Gasteiger charge is -2.14. The molecule has 2 amide bonds. The van der Waals surface area contributed by atoms with Gasteiger partial charge in [-0.2, -0.15) is 0 Å². The summed E-state index contributed by atoms with van der Waals surface area (Å²) in [4.78, 5) is 28.8. The molecule has 142 valence electrons. The van der Waals surface area contributed by atoms with Crippen LogP contribution in [0.5, 0.6) is 0 Å². The van der Waals surface area contributed by atoms with Crippen molar-refractivity contribution in [2.45, 2.75) is 19.9 Å². The number of anilines is 1. The molecular formula is C22H21N3O2S. The number of nitrogens with zero attached hydrogens (tertiary/aromatic N) is 1. The maximum atomic E-state index is 12.3. The van der Waals surface area contributed by atoms with E-state index in [1.165, 1.54) is 6.08 Å². The van der Waals surface area contributed by atoms with E-state index in [-0.39, 0.29) is 17.9 Å². The van der Waals surface area contributed by atoms with Crippen molar-refractivity contribution in [3.63, 3.8) is 0 Å². The summed E-state index contributed by atoms with van der Waals surface area (Å²) >= 11 is 1.54. The second-order valence-corrected chi connectivity index (χ2v) is 7.36. The number of carbonyl (C=O) groups is 2. The Labute approximate surface area is 168 Å². The average Bonchev–Trinajstić information content (AvgIpc) is 3.12. The van der Waals surface area contributed by atoms with E-state index >= 15 is 0 Å². The van der Waals surface area contributed by atoms with Crippen LogP contribution < -0.4 is 10.6 Å². The SMILES string of the molecule is Cc1nc(C=CC(=O)NC(C)c2cccc(NC(=O)c3ccccc3)c2)cs1. The zero-order chi connectivity index (χ0) is 19.9. The summed E-state index contributed by atoms with van der Waals surface area (Å²) in [5.74, 6) is -0.368. The maximum absolute atomic E-state index is 12.3. The summed E-state index contributed by atoms with van der Waals surface area (Å²) in [7, 11) is 0. The highest BCUT2D eigenvalue weighted by Gasteiger charge is 2.10. The van der Waals surface area contributed by atoms with Crippen molar-refractivity contribution in [3.05, 3.63) is 87.9 Å². The molecule has 0 spiro atoms. The lowest BCUT2D eigenvalue weighted by atomic mass is 10.1. The van der Waals surface area contributed by atoms with Gasteiger partial charge in [0.2, 0.25) is 5.91 Å². The fourth-order valence-electron chi connectivity index (χ4n) is 2.64. The van der Waals surface area contributed by atoms with Gasteiger partial charge in [-0.3, -0.25) is 9.59 Å². The van der Waals surface area contributed by atoms with Crippen LogP contribution in [0.3, 0.4) is 0 Å². The van der Waals surface area contributed by atoms with Crippen LogP contribution in [0.15, 0.2) is 66.1 Å². The molecule has 6 heteroatoms. The van der Waals surface area contributed by atoms with Gasteiger partial charge < -0.3 is 10.6 Å². The summed E-state index contributed by atoms with van der Waals surface area (Å²) in [6, 6.07) is 16.3. The number of aromatic nitrogens is 1. The zero-order valence-corrected chi connectivity index (χ0v) is 16.5. The molecule has 28 heavy (non-hydrogen) atoms. The highest BCUT2D eigenvalue weighted by Crippen LogP contribution is 2.18. The van der Waals surface area contributed by atoms with Gasteiger partial charge in [0.25, 0.3) is 5.91 Å². The van der Waals surface area contributed by atoms with Crippen molar-refractivity contribution in [1.29, 1.82) is 0 Å². The molecule has 2 aromatic carbocycles. The van der Waals surface area contributed by atoms with Gasteiger partial charge in [0.1, 0.15) is 0 Å². The normalized spacial score (nSPS) is 11.9. The number of hydrogen-bond acceptors (Lipinski definition) is 4. The smallest absolute Gasteiger partial charge is 0.255 e. The number of aryl methyl sites for hydroxylation is 1. The van der Waals surface area contributed by atoms with E-state index in [0.29, 0.717) is 11.3 Å². The monoisotopic (exact) mass is 391 g/mol. The van der Waals surface area contributed by atoms with Crippen LogP contribution in [-0.4, -0.2) is 16.8 Å². The number of nitrogens with one attached hydrogen (secondary N) is 2. The van der Waals surface area contributed by atoms with Crippen LogP contribution in [0.4, 0.5) is 5.69 Å². The van der Waals surface area contributed by atoms with Gasteiger partial charge in [0.05, 0.1) is 16.7 Å². The summed E-state index contributed by atoms with van der Waals surface area (Å²) in [5.41, 5.74) is 2.95. The molecule has 1 heterocycles. The lowest BCUT2D eigenvalue weighted by molar-refractivity contribution is -0.117. The van der Waals surface area contributed by atoms with Gasteiger partial charge in [-0.1, -0.05) is 30.3 Å². The van der Waals surface area contributed by atoms with Gasteiger partial charge >= 0.3 is 0 Å². The van der Waals surface area contributed by atoms with E-state index < -0.39 is 0 Å². The minimum Gasteiger partial charge on any atom is -0.346 e. The van der Waals surface area contributed by atoms with E-state index in [1.54, 1.807) is 29.5 Å². The number of hydrogen-bond donors (Lipinski definition) is 2. The number of thiazole rings is 1. The molecular weight excluding hydrogens is 370 g/mol. The van der Waals surface area contributed by atoms with Crippen molar-refractivity contribution in [2.24, 2.45) is 0 Å². The van der Waals surface area contributed by atoms with Crippen LogP contribution in [0.2, 0.25) is 0 Å². The van der Waals surface area contributed by atoms with Gasteiger partial charge in [0, 0.05) is 22.7 Å². The second kappa shape index (κ2) is 9.10. The Morgan fingerprint density at radius 3 is 2.61 bits per heavy atom. The van der Waals surface area contributed by atoms with Gasteiger partial charge in [-0.25, -0.2) is 4.98 Å². The molecule has 0 bridgehead atoms. The van der Waals surface area contributed by atoms with E-state index in [9.17, 15) is 9.59 Å². The van der Waals surface area contributed by atoms with Crippen molar-refractivity contribution in [3.8, 4) is 0 Å². The fourth-order valence-corrected chi connectivity index (χ4v) is 3.22. The van der Waals surface area contributed by atoms with E-state index in [4.69, 9.17) is 0 Å². The molecule has 1 aromatic heterocycles. The third kappa shape index (κ3) is 5.37. The topological polar surface area (TPSA) is 71.1 Å². The molecule has 0 saturated heterocycles. The quantitative estimate of drug-likeness (QED) is 0.604. The Kier molecular flexibility index (Phi) is 6.34. The molecule has 2 N–H and O–H groups in total.